The lowest BCUT2D eigenvalue weighted by molar-refractivity contribution is 0.270. The van der Waals surface area contributed by atoms with E-state index < -0.39 is 10.0 Å². The second kappa shape index (κ2) is 6.65. The van der Waals surface area contributed by atoms with Gasteiger partial charge in [-0.1, -0.05) is 12.8 Å². The summed E-state index contributed by atoms with van der Waals surface area (Å²) in [5, 5.41) is 9.36. The van der Waals surface area contributed by atoms with Crippen molar-refractivity contribution in [2.45, 2.75) is 44.2 Å². The van der Waals surface area contributed by atoms with Crippen LogP contribution in [-0.4, -0.2) is 35.5 Å². The predicted octanol–water partition coefficient (Wildman–Crippen LogP) is 1.42. The van der Waals surface area contributed by atoms with Gasteiger partial charge in [0.15, 0.2) is 0 Å². The second-order valence-corrected chi connectivity index (χ2v) is 7.40. The Balaban J connectivity index is 2.29. The zero-order chi connectivity index (χ0) is 15.5. The van der Waals surface area contributed by atoms with Crippen molar-refractivity contribution in [2.24, 2.45) is 5.92 Å². The monoisotopic (exact) mass is 310 g/mol. The van der Waals surface area contributed by atoms with Crippen LogP contribution in [0.1, 0.15) is 31.9 Å². The van der Waals surface area contributed by atoms with E-state index in [4.69, 9.17) is 6.42 Å². The van der Waals surface area contributed by atoms with Crippen LogP contribution < -0.4 is 0 Å². The molecule has 1 saturated carbocycles. The molecule has 0 saturated heterocycles. The molecule has 1 aromatic rings. The van der Waals surface area contributed by atoms with E-state index in [1.807, 2.05) is 6.92 Å². The number of aliphatic hydroxyl groups excluding tert-OH is 1. The van der Waals surface area contributed by atoms with Gasteiger partial charge in [-0.25, -0.2) is 8.42 Å². The Morgan fingerprint density at radius 2 is 2.24 bits per heavy atom. The average Bonchev–Trinajstić information content (AvgIpc) is 3.17. The van der Waals surface area contributed by atoms with Crippen LogP contribution in [0.25, 0.3) is 0 Å². The molecule has 0 unspecified atom stereocenters. The van der Waals surface area contributed by atoms with Crippen molar-refractivity contribution >= 4 is 10.0 Å². The van der Waals surface area contributed by atoms with Crippen LogP contribution in [0.15, 0.2) is 17.2 Å². The average molecular weight is 310 g/mol. The minimum atomic E-state index is -3.59. The van der Waals surface area contributed by atoms with Gasteiger partial charge in [0.25, 0.3) is 0 Å². The van der Waals surface area contributed by atoms with Gasteiger partial charge in [0, 0.05) is 25.0 Å². The molecule has 2 rings (SSSR count). The summed E-state index contributed by atoms with van der Waals surface area (Å²) < 4.78 is 28.6. The fourth-order valence-corrected chi connectivity index (χ4v) is 3.83. The fraction of sp³-hybridized carbons (Fsp3) is 0.600. The molecule has 1 aliphatic carbocycles. The zero-order valence-corrected chi connectivity index (χ0v) is 13.1. The first-order chi connectivity index (χ1) is 10.0. The maximum absolute atomic E-state index is 12.7. The first-order valence-electron chi connectivity index (χ1n) is 7.26. The summed E-state index contributed by atoms with van der Waals surface area (Å²) in [6.45, 7) is 3.09. The highest BCUT2D eigenvalue weighted by Gasteiger charge is 2.32. The highest BCUT2D eigenvalue weighted by atomic mass is 32.2. The Kier molecular flexibility index (Phi) is 5.09. The van der Waals surface area contributed by atoms with Gasteiger partial charge in [0.2, 0.25) is 10.0 Å². The molecule has 0 bridgehead atoms. The van der Waals surface area contributed by atoms with E-state index in [1.54, 1.807) is 16.8 Å². The van der Waals surface area contributed by atoms with Gasteiger partial charge in [-0.3, -0.25) is 0 Å². The predicted molar refractivity (Wildman–Crippen MR) is 81.0 cm³/mol. The Bertz CT molecular complexity index is 624. The standard InChI is InChI=1S/C15H22N2O3S/c1-3-7-16-11-15(9-14(16)12-18)21(19,20)17(8-4-2)10-13-5-6-13/h2,9,11,13,18H,3,5-8,10,12H2,1H3. The lowest BCUT2D eigenvalue weighted by Gasteiger charge is -2.18. The van der Waals surface area contributed by atoms with Gasteiger partial charge in [0.05, 0.1) is 13.2 Å². The lowest BCUT2D eigenvalue weighted by Crippen LogP contribution is -2.33. The van der Waals surface area contributed by atoms with Crippen molar-refractivity contribution in [3.63, 3.8) is 0 Å². The van der Waals surface area contributed by atoms with Crippen LogP contribution in [-0.2, 0) is 23.2 Å². The summed E-state index contributed by atoms with van der Waals surface area (Å²) in [6.07, 6.45) is 9.91. The molecular formula is C15H22N2O3S. The van der Waals surface area contributed by atoms with E-state index in [0.717, 1.165) is 19.3 Å². The van der Waals surface area contributed by atoms with Gasteiger partial charge in [-0.05, 0) is 31.2 Å². The van der Waals surface area contributed by atoms with Crippen molar-refractivity contribution in [2.75, 3.05) is 13.1 Å². The molecule has 21 heavy (non-hydrogen) atoms. The lowest BCUT2D eigenvalue weighted by atomic mass is 10.4. The molecule has 6 heteroatoms. The summed E-state index contributed by atoms with van der Waals surface area (Å²) in [5.74, 6) is 2.86. The molecule has 1 heterocycles. The summed E-state index contributed by atoms with van der Waals surface area (Å²) in [6, 6.07) is 1.54. The molecule has 116 valence electrons. The fourth-order valence-electron chi connectivity index (χ4n) is 2.33. The zero-order valence-electron chi connectivity index (χ0n) is 12.3. The molecule has 0 atom stereocenters. The molecule has 0 spiro atoms. The third-order valence-corrected chi connectivity index (χ3v) is 5.43. The van der Waals surface area contributed by atoms with Gasteiger partial charge < -0.3 is 9.67 Å². The van der Waals surface area contributed by atoms with Gasteiger partial charge in [0.1, 0.15) is 4.90 Å². The summed E-state index contributed by atoms with van der Waals surface area (Å²) in [5.41, 5.74) is 0.613. The second-order valence-electron chi connectivity index (χ2n) is 5.46. The molecule has 0 aliphatic heterocycles. The first-order valence-corrected chi connectivity index (χ1v) is 8.70. The Labute approximate surface area is 126 Å². The minimum Gasteiger partial charge on any atom is -0.390 e. The highest BCUT2D eigenvalue weighted by Crippen LogP contribution is 2.31. The summed E-state index contributed by atoms with van der Waals surface area (Å²) in [7, 11) is -3.59. The third kappa shape index (κ3) is 3.67. The molecule has 0 amide bonds. The first kappa shape index (κ1) is 16.1. The molecule has 1 fully saturated rings. The van der Waals surface area contributed by atoms with Crippen LogP contribution in [0.4, 0.5) is 0 Å². The molecule has 1 N–H and O–H groups in total. The summed E-state index contributed by atoms with van der Waals surface area (Å²) in [4.78, 5) is 0.218. The highest BCUT2D eigenvalue weighted by molar-refractivity contribution is 7.89. The van der Waals surface area contributed by atoms with Crippen molar-refractivity contribution in [1.82, 2.24) is 8.87 Å². The molecule has 5 nitrogen and oxygen atoms in total. The number of aliphatic hydroxyl groups is 1. The van der Waals surface area contributed by atoms with Crippen molar-refractivity contribution < 1.29 is 13.5 Å². The number of terminal acetylenes is 1. The Morgan fingerprint density at radius 3 is 2.76 bits per heavy atom. The Hall–Kier alpha value is -1.29. The van der Waals surface area contributed by atoms with Crippen LogP contribution >= 0.6 is 0 Å². The van der Waals surface area contributed by atoms with E-state index >= 15 is 0 Å². The minimum absolute atomic E-state index is 0.0895. The molecule has 1 aromatic heterocycles. The number of aryl methyl sites for hydroxylation is 1. The van der Waals surface area contributed by atoms with Crippen molar-refractivity contribution in [3.05, 3.63) is 18.0 Å². The number of aromatic nitrogens is 1. The maximum Gasteiger partial charge on any atom is 0.245 e. The number of nitrogens with zero attached hydrogens (tertiary/aromatic N) is 2. The van der Waals surface area contributed by atoms with E-state index in [1.165, 1.54) is 4.31 Å². The SMILES string of the molecule is C#CCN(CC1CC1)S(=O)(=O)c1cc(CO)n(CCC)c1. The number of sulfonamides is 1. The van der Waals surface area contributed by atoms with Crippen molar-refractivity contribution in [1.29, 1.82) is 0 Å². The van der Waals surface area contributed by atoms with Crippen molar-refractivity contribution in [3.8, 4) is 12.3 Å². The molecule has 1 aliphatic rings. The van der Waals surface area contributed by atoms with Crippen LogP contribution in [0.2, 0.25) is 0 Å². The quantitative estimate of drug-likeness (QED) is 0.739. The summed E-state index contributed by atoms with van der Waals surface area (Å²) >= 11 is 0. The third-order valence-electron chi connectivity index (χ3n) is 3.65. The van der Waals surface area contributed by atoms with E-state index in [-0.39, 0.29) is 18.0 Å². The molecule has 0 radical (unpaired) electrons. The normalized spacial score (nSPS) is 15.3. The Morgan fingerprint density at radius 1 is 1.52 bits per heavy atom. The van der Waals surface area contributed by atoms with E-state index in [2.05, 4.69) is 5.92 Å². The molecular weight excluding hydrogens is 288 g/mol. The van der Waals surface area contributed by atoms with Crippen LogP contribution in [0.3, 0.4) is 0 Å². The van der Waals surface area contributed by atoms with Gasteiger partial charge >= 0.3 is 0 Å². The van der Waals surface area contributed by atoms with Gasteiger partial charge in [-0.15, -0.1) is 6.42 Å². The smallest absolute Gasteiger partial charge is 0.245 e. The van der Waals surface area contributed by atoms with E-state index in [9.17, 15) is 13.5 Å². The van der Waals surface area contributed by atoms with Crippen LogP contribution in [0.5, 0.6) is 0 Å². The topological polar surface area (TPSA) is 62.5 Å². The van der Waals surface area contributed by atoms with Gasteiger partial charge in [-0.2, -0.15) is 4.31 Å². The number of hydrogen-bond donors (Lipinski definition) is 1. The van der Waals surface area contributed by atoms with E-state index in [0.29, 0.717) is 24.7 Å². The number of rotatable bonds is 8. The number of hydrogen-bond acceptors (Lipinski definition) is 3. The largest absolute Gasteiger partial charge is 0.390 e. The maximum atomic E-state index is 12.7. The molecule has 0 aromatic carbocycles. The van der Waals surface area contributed by atoms with Crippen LogP contribution in [0, 0.1) is 18.3 Å².